The molecule has 0 unspecified atom stereocenters. The fourth-order valence-electron chi connectivity index (χ4n) is 2.90. The molecule has 146 valence electrons. The SMILES string of the molecule is CCn1cc(C(=O)NCc2cccc(C(F)(F)F)c2)c(=O)c2ccc(C)nc21. The van der Waals surface area contributed by atoms with Crippen molar-refractivity contribution in [2.24, 2.45) is 0 Å². The van der Waals surface area contributed by atoms with Gasteiger partial charge in [0.1, 0.15) is 11.2 Å². The second-order valence-electron chi connectivity index (χ2n) is 6.36. The van der Waals surface area contributed by atoms with E-state index in [2.05, 4.69) is 10.3 Å². The topological polar surface area (TPSA) is 64.0 Å². The van der Waals surface area contributed by atoms with Gasteiger partial charge in [-0.15, -0.1) is 0 Å². The molecule has 0 fully saturated rings. The molecule has 2 aromatic heterocycles. The average Bonchev–Trinajstić information content (AvgIpc) is 2.66. The Kier molecular flexibility index (Phi) is 5.22. The Labute approximate surface area is 158 Å². The third-order valence-electron chi connectivity index (χ3n) is 4.35. The van der Waals surface area contributed by atoms with E-state index < -0.39 is 23.1 Å². The molecule has 3 aromatic rings. The quantitative estimate of drug-likeness (QED) is 0.741. The van der Waals surface area contributed by atoms with Gasteiger partial charge in [0.2, 0.25) is 5.43 Å². The maximum atomic E-state index is 12.8. The Bertz CT molecular complexity index is 1100. The molecule has 2 heterocycles. The molecule has 1 aromatic carbocycles. The lowest BCUT2D eigenvalue weighted by molar-refractivity contribution is -0.137. The summed E-state index contributed by atoms with van der Waals surface area (Å²) in [5.41, 5.74) is 0.190. The zero-order chi connectivity index (χ0) is 20.5. The molecule has 0 aliphatic carbocycles. The molecule has 0 spiro atoms. The first-order valence-electron chi connectivity index (χ1n) is 8.66. The van der Waals surface area contributed by atoms with Crippen molar-refractivity contribution in [3.63, 3.8) is 0 Å². The van der Waals surface area contributed by atoms with Gasteiger partial charge in [-0.1, -0.05) is 12.1 Å². The summed E-state index contributed by atoms with van der Waals surface area (Å²) in [6.45, 7) is 4.04. The number of nitrogens with one attached hydrogen (secondary N) is 1. The van der Waals surface area contributed by atoms with Crippen LogP contribution in [0.15, 0.2) is 47.4 Å². The molecule has 1 N–H and O–H groups in total. The van der Waals surface area contributed by atoms with Gasteiger partial charge in [0.15, 0.2) is 0 Å². The normalized spacial score (nSPS) is 11.6. The number of hydrogen-bond acceptors (Lipinski definition) is 3. The van der Waals surface area contributed by atoms with Crippen molar-refractivity contribution in [3.8, 4) is 0 Å². The minimum absolute atomic E-state index is 0.0769. The second kappa shape index (κ2) is 7.46. The van der Waals surface area contributed by atoms with Gasteiger partial charge in [-0.05, 0) is 43.7 Å². The molecule has 3 rings (SSSR count). The van der Waals surface area contributed by atoms with Crippen LogP contribution in [-0.2, 0) is 19.3 Å². The van der Waals surface area contributed by atoms with Crippen LogP contribution in [0.2, 0.25) is 0 Å². The highest BCUT2D eigenvalue weighted by atomic mass is 19.4. The maximum Gasteiger partial charge on any atom is 0.416 e. The Balaban J connectivity index is 1.89. The summed E-state index contributed by atoms with van der Waals surface area (Å²) < 4.78 is 40.1. The van der Waals surface area contributed by atoms with E-state index in [0.717, 1.165) is 17.8 Å². The first-order valence-corrected chi connectivity index (χ1v) is 8.66. The predicted octanol–water partition coefficient (Wildman–Crippen LogP) is 3.67. The zero-order valence-electron chi connectivity index (χ0n) is 15.3. The monoisotopic (exact) mass is 389 g/mol. The summed E-state index contributed by atoms with van der Waals surface area (Å²) >= 11 is 0. The van der Waals surface area contributed by atoms with Gasteiger partial charge in [0, 0.05) is 25.0 Å². The number of rotatable bonds is 4. The third-order valence-corrected chi connectivity index (χ3v) is 4.35. The first-order chi connectivity index (χ1) is 13.2. The van der Waals surface area contributed by atoms with Crippen LogP contribution in [0.1, 0.15) is 34.1 Å². The molecule has 8 heteroatoms. The lowest BCUT2D eigenvalue weighted by atomic mass is 10.1. The highest BCUT2D eigenvalue weighted by Gasteiger charge is 2.30. The van der Waals surface area contributed by atoms with Crippen molar-refractivity contribution in [2.75, 3.05) is 0 Å². The number of carbonyl (C=O) groups is 1. The van der Waals surface area contributed by atoms with E-state index in [1.165, 1.54) is 18.3 Å². The van der Waals surface area contributed by atoms with E-state index in [0.29, 0.717) is 17.6 Å². The van der Waals surface area contributed by atoms with Crippen molar-refractivity contribution in [1.29, 1.82) is 0 Å². The van der Waals surface area contributed by atoms with Gasteiger partial charge >= 0.3 is 6.18 Å². The molecule has 28 heavy (non-hydrogen) atoms. The highest BCUT2D eigenvalue weighted by molar-refractivity contribution is 5.96. The third kappa shape index (κ3) is 3.90. The largest absolute Gasteiger partial charge is 0.416 e. The predicted molar refractivity (Wildman–Crippen MR) is 99.0 cm³/mol. The van der Waals surface area contributed by atoms with Crippen molar-refractivity contribution in [3.05, 3.63) is 75.2 Å². The van der Waals surface area contributed by atoms with Gasteiger partial charge in [-0.25, -0.2) is 4.98 Å². The van der Waals surface area contributed by atoms with Gasteiger partial charge in [-0.3, -0.25) is 9.59 Å². The number of hydrogen-bond donors (Lipinski definition) is 1. The van der Waals surface area contributed by atoms with Crippen LogP contribution in [0.5, 0.6) is 0 Å². The van der Waals surface area contributed by atoms with E-state index in [1.54, 1.807) is 23.6 Å². The standard InChI is InChI=1S/C20H18F3N3O2/c1-3-26-11-16(17(27)15-8-7-12(2)25-18(15)26)19(28)24-10-13-5-4-6-14(9-13)20(21,22)23/h4-9,11H,3,10H2,1-2H3,(H,24,28). The van der Waals surface area contributed by atoms with Gasteiger partial charge in [0.25, 0.3) is 5.91 Å². The number of halogens is 3. The molecule has 0 saturated heterocycles. The van der Waals surface area contributed by atoms with Crippen molar-refractivity contribution in [1.82, 2.24) is 14.9 Å². The summed E-state index contributed by atoms with van der Waals surface area (Å²) in [5.74, 6) is -0.646. The van der Waals surface area contributed by atoms with Crippen LogP contribution in [0.3, 0.4) is 0 Å². The summed E-state index contributed by atoms with van der Waals surface area (Å²) in [7, 11) is 0. The molecule has 0 atom stereocenters. The molecule has 0 saturated carbocycles. The molecule has 1 amide bonds. The number of carbonyl (C=O) groups excluding carboxylic acids is 1. The Morgan fingerprint density at radius 1 is 1.21 bits per heavy atom. The van der Waals surface area contributed by atoms with Crippen LogP contribution in [0.4, 0.5) is 13.2 Å². The van der Waals surface area contributed by atoms with Crippen molar-refractivity contribution in [2.45, 2.75) is 33.1 Å². The second-order valence-corrected chi connectivity index (χ2v) is 6.36. The fraction of sp³-hybridized carbons (Fsp3) is 0.250. The first kappa shape index (κ1) is 19.6. The van der Waals surface area contributed by atoms with E-state index in [1.807, 2.05) is 6.92 Å². The molecule has 0 aliphatic heterocycles. The van der Waals surface area contributed by atoms with Gasteiger partial charge < -0.3 is 9.88 Å². The van der Waals surface area contributed by atoms with Crippen molar-refractivity contribution < 1.29 is 18.0 Å². The minimum Gasteiger partial charge on any atom is -0.348 e. The molecule has 0 bridgehead atoms. The number of amides is 1. The maximum absolute atomic E-state index is 12.8. The summed E-state index contributed by atoms with van der Waals surface area (Å²) in [5, 5.41) is 2.84. The average molecular weight is 389 g/mol. The van der Waals surface area contributed by atoms with Crippen LogP contribution in [0, 0.1) is 6.92 Å². The number of nitrogens with zero attached hydrogens (tertiary/aromatic N) is 2. The number of benzene rings is 1. The smallest absolute Gasteiger partial charge is 0.348 e. The number of fused-ring (bicyclic) bond motifs is 1. The molecule has 0 aliphatic rings. The Morgan fingerprint density at radius 2 is 1.96 bits per heavy atom. The lowest BCUT2D eigenvalue weighted by Gasteiger charge is -2.12. The van der Waals surface area contributed by atoms with Gasteiger partial charge in [-0.2, -0.15) is 13.2 Å². The summed E-state index contributed by atoms with van der Waals surface area (Å²) in [6.07, 6.45) is -3.03. The van der Waals surface area contributed by atoms with E-state index >= 15 is 0 Å². The summed E-state index contributed by atoms with van der Waals surface area (Å²) in [4.78, 5) is 29.6. The summed E-state index contributed by atoms with van der Waals surface area (Å²) in [6, 6.07) is 8.00. The lowest BCUT2D eigenvalue weighted by Crippen LogP contribution is -2.29. The number of pyridine rings is 2. The molecule has 0 radical (unpaired) electrons. The van der Waals surface area contributed by atoms with E-state index in [9.17, 15) is 22.8 Å². The Hall–Kier alpha value is -3.16. The number of alkyl halides is 3. The highest BCUT2D eigenvalue weighted by Crippen LogP contribution is 2.29. The molecular formula is C20H18F3N3O2. The Morgan fingerprint density at radius 3 is 2.64 bits per heavy atom. The van der Waals surface area contributed by atoms with Crippen molar-refractivity contribution >= 4 is 16.9 Å². The van der Waals surface area contributed by atoms with Crippen LogP contribution in [0.25, 0.3) is 11.0 Å². The molecule has 5 nitrogen and oxygen atoms in total. The van der Waals surface area contributed by atoms with E-state index in [-0.39, 0.29) is 17.7 Å². The number of aryl methyl sites for hydroxylation is 2. The van der Waals surface area contributed by atoms with E-state index in [4.69, 9.17) is 0 Å². The molecular weight excluding hydrogens is 371 g/mol. The van der Waals surface area contributed by atoms with Crippen LogP contribution < -0.4 is 10.7 Å². The van der Waals surface area contributed by atoms with Crippen LogP contribution >= 0.6 is 0 Å². The zero-order valence-corrected chi connectivity index (χ0v) is 15.3. The number of aromatic nitrogens is 2. The minimum atomic E-state index is -4.46. The van der Waals surface area contributed by atoms with Gasteiger partial charge in [0.05, 0.1) is 10.9 Å². The van der Waals surface area contributed by atoms with Crippen LogP contribution in [-0.4, -0.2) is 15.5 Å². The fourth-order valence-corrected chi connectivity index (χ4v) is 2.90.